The molecule has 1 atom stereocenters. The number of carbonyl (C=O) groups excluding carboxylic acids is 1. The van der Waals surface area contributed by atoms with Crippen LogP contribution in [0.15, 0.2) is 12.5 Å². The van der Waals surface area contributed by atoms with Crippen LogP contribution in [-0.2, 0) is 4.79 Å². The molecule has 1 saturated carbocycles. The maximum atomic E-state index is 12.0. The summed E-state index contributed by atoms with van der Waals surface area (Å²) in [5.74, 6) is 0.900. The number of nitrogens with one attached hydrogen (secondary N) is 1. The van der Waals surface area contributed by atoms with Crippen molar-refractivity contribution in [3.05, 3.63) is 12.5 Å². The molecule has 0 radical (unpaired) electrons. The normalized spacial score (nSPS) is 20.8. The standard InChI is InChI=1S/C12H18N4O/c1-12(2)5-8(12)11(17)15-9-6-13-7-14-10(9)16(3)4/h6-8H,5H2,1-4H3,(H,15,17)/t8-/m1/s1. The minimum atomic E-state index is 0.0629. The molecule has 1 aromatic heterocycles. The number of hydrogen-bond acceptors (Lipinski definition) is 4. The Hall–Kier alpha value is -1.65. The molecule has 17 heavy (non-hydrogen) atoms. The van der Waals surface area contributed by atoms with Crippen molar-refractivity contribution >= 4 is 17.4 Å². The van der Waals surface area contributed by atoms with Crippen LogP contribution in [0.5, 0.6) is 0 Å². The molecule has 5 nitrogen and oxygen atoms in total. The first-order valence-electron chi connectivity index (χ1n) is 5.70. The van der Waals surface area contributed by atoms with Gasteiger partial charge in [-0.3, -0.25) is 4.79 Å². The van der Waals surface area contributed by atoms with Crippen molar-refractivity contribution in [2.75, 3.05) is 24.3 Å². The highest BCUT2D eigenvalue weighted by Gasteiger charge is 2.50. The molecule has 1 N–H and O–H groups in total. The molecule has 1 heterocycles. The average molecular weight is 234 g/mol. The van der Waals surface area contributed by atoms with Gasteiger partial charge >= 0.3 is 0 Å². The van der Waals surface area contributed by atoms with E-state index in [9.17, 15) is 4.79 Å². The van der Waals surface area contributed by atoms with Gasteiger partial charge in [0, 0.05) is 20.0 Å². The quantitative estimate of drug-likeness (QED) is 0.861. The maximum absolute atomic E-state index is 12.0. The minimum absolute atomic E-state index is 0.0629. The largest absolute Gasteiger partial charge is 0.361 e. The van der Waals surface area contributed by atoms with Gasteiger partial charge in [0.1, 0.15) is 12.0 Å². The monoisotopic (exact) mass is 234 g/mol. The number of hydrogen-bond donors (Lipinski definition) is 1. The topological polar surface area (TPSA) is 58.1 Å². The third-order valence-electron chi connectivity index (χ3n) is 3.20. The first kappa shape index (κ1) is 11.8. The predicted molar refractivity (Wildman–Crippen MR) is 66.9 cm³/mol. The Labute approximate surface area is 101 Å². The van der Waals surface area contributed by atoms with Crippen LogP contribution in [0.1, 0.15) is 20.3 Å². The fourth-order valence-electron chi connectivity index (χ4n) is 1.90. The second kappa shape index (κ2) is 3.98. The molecule has 0 bridgehead atoms. The van der Waals surface area contributed by atoms with E-state index < -0.39 is 0 Å². The van der Waals surface area contributed by atoms with Gasteiger partial charge in [0.25, 0.3) is 0 Å². The Morgan fingerprint density at radius 3 is 2.71 bits per heavy atom. The van der Waals surface area contributed by atoms with Crippen LogP contribution in [0.25, 0.3) is 0 Å². The fourth-order valence-corrected chi connectivity index (χ4v) is 1.90. The van der Waals surface area contributed by atoms with Crippen LogP contribution < -0.4 is 10.2 Å². The van der Waals surface area contributed by atoms with E-state index in [2.05, 4.69) is 29.1 Å². The van der Waals surface area contributed by atoms with Crippen LogP contribution in [0.3, 0.4) is 0 Å². The first-order chi connectivity index (χ1) is 7.92. The zero-order valence-electron chi connectivity index (χ0n) is 10.7. The number of anilines is 2. The van der Waals surface area contributed by atoms with E-state index in [1.54, 1.807) is 6.20 Å². The van der Waals surface area contributed by atoms with Gasteiger partial charge in [-0.2, -0.15) is 0 Å². The average Bonchev–Trinajstić information content (AvgIpc) is 2.88. The molecule has 5 heteroatoms. The summed E-state index contributed by atoms with van der Waals surface area (Å²) in [4.78, 5) is 21.9. The van der Waals surface area contributed by atoms with E-state index in [-0.39, 0.29) is 17.2 Å². The van der Waals surface area contributed by atoms with Crippen LogP contribution >= 0.6 is 0 Å². The third kappa shape index (κ3) is 2.38. The molecular formula is C12H18N4O. The summed E-state index contributed by atoms with van der Waals surface area (Å²) in [7, 11) is 3.78. The minimum Gasteiger partial charge on any atom is -0.361 e. The Morgan fingerprint density at radius 2 is 2.18 bits per heavy atom. The molecule has 2 rings (SSSR count). The Balaban J connectivity index is 2.11. The second-order valence-corrected chi connectivity index (χ2v) is 5.39. The molecule has 0 unspecified atom stereocenters. The van der Waals surface area contributed by atoms with Gasteiger partial charge < -0.3 is 10.2 Å². The number of amides is 1. The van der Waals surface area contributed by atoms with Crippen LogP contribution in [0.4, 0.5) is 11.5 Å². The Morgan fingerprint density at radius 1 is 1.53 bits per heavy atom. The molecular weight excluding hydrogens is 216 g/mol. The smallest absolute Gasteiger partial charge is 0.228 e. The lowest BCUT2D eigenvalue weighted by Crippen LogP contribution is -2.20. The van der Waals surface area contributed by atoms with Crippen molar-refractivity contribution in [1.82, 2.24) is 9.97 Å². The number of aromatic nitrogens is 2. The zero-order valence-corrected chi connectivity index (χ0v) is 10.7. The van der Waals surface area contributed by atoms with Gasteiger partial charge in [-0.15, -0.1) is 0 Å². The summed E-state index contributed by atoms with van der Waals surface area (Å²) in [6.07, 6.45) is 4.06. The third-order valence-corrected chi connectivity index (χ3v) is 3.20. The lowest BCUT2D eigenvalue weighted by Gasteiger charge is -2.15. The Bertz CT molecular complexity index is 442. The van der Waals surface area contributed by atoms with Gasteiger partial charge in [-0.05, 0) is 11.8 Å². The van der Waals surface area contributed by atoms with Gasteiger partial charge in [-0.1, -0.05) is 13.8 Å². The fraction of sp³-hybridized carbons (Fsp3) is 0.583. The highest BCUT2D eigenvalue weighted by molar-refractivity contribution is 5.97. The van der Waals surface area contributed by atoms with Crippen LogP contribution in [0, 0.1) is 11.3 Å². The Kier molecular flexibility index (Phi) is 2.77. The van der Waals surface area contributed by atoms with Crippen LogP contribution in [-0.4, -0.2) is 30.0 Å². The van der Waals surface area contributed by atoms with Crippen molar-refractivity contribution < 1.29 is 4.79 Å². The summed E-state index contributed by atoms with van der Waals surface area (Å²) >= 11 is 0. The summed E-state index contributed by atoms with van der Waals surface area (Å²) in [5.41, 5.74) is 0.808. The molecule has 1 amide bonds. The van der Waals surface area contributed by atoms with Crippen molar-refractivity contribution in [3.63, 3.8) is 0 Å². The van der Waals surface area contributed by atoms with Crippen molar-refractivity contribution in [2.45, 2.75) is 20.3 Å². The van der Waals surface area contributed by atoms with E-state index in [0.29, 0.717) is 5.69 Å². The van der Waals surface area contributed by atoms with Gasteiger partial charge in [0.05, 0.1) is 6.20 Å². The number of carbonyl (C=O) groups is 1. The van der Waals surface area contributed by atoms with Gasteiger partial charge in [0.2, 0.25) is 5.91 Å². The SMILES string of the molecule is CN(C)c1ncncc1NC(=O)[C@H]1CC1(C)C. The summed E-state index contributed by atoms with van der Waals surface area (Å²) in [6.45, 7) is 4.21. The maximum Gasteiger partial charge on any atom is 0.228 e. The zero-order chi connectivity index (χ0) is 12.6. The summed E-state index contributed by atoms with van der Waals surface area (Å²) in [5, 5.41) is 2.90. The van der Waals surface area contributed by atoms with Gasteiger partial charge in [0.15, 0.2) is 5.82 Å². The van der Waals surface area contributed by atoms with E-state index in [1.165, 1.54) is 6.33 Å². The van der Waals surface area contributed by atoms with Crippen molar-refractivity contribution in [3.8, 4) is 0 Å². The van der Waals surface area contributed by atoms with Crippen molar-refractivity contribution in [2.24, 2.45) is 11.3 Å². The summed E-state index contributed by atoms with van der Waals surface area (Å²) in [6, 6.07) is 0. The highest BCUT2D eigenvalue weighted by atomic mass is 16.2. The number of nitrogens with zero attached hydrogens (tertiary/aromatic N) is 3. The molecule has 0 spiro atoms. The van der Waals surface area contributed by atoms with E-state index in [4.69, 9.17) is 0 Å². The molecule has 1 aliphatic carbocycles. The molecule has 0 aromatic carbocycles. The number of rotatable bonds is 3. The van der Waals surface area contributed by atoms with E-state index in [1.807, 2.05) is 19.0 Å². The molecule has 1 aliphatic rings. The lowest BCUT2D eigenvalue weighted by molar-refractivity contribution is -0.118. The van der Waals surface area contributed by atoms with Gasteiger partial charge in [-0.25, -0.2) is 9.97 Å². The molecule has 1 aromatic rings. The predicted octanol–water partition coefficient (Wildman–Crippen LogP) is 1.53. The lowest BCUT2D eigenvalue weighted by atomic mass is 10.1. The van der Waals surface area contributed by atoms with Crippen molar-refractivity contribution in [1.29, 1.82) is 0 Å². The second-order valence-electron chi connectivity index (χ2n) is 5.39. The summed E-state index contributed by atoms with van der Waals surface area (Å²) < 4.78 is 0. The molecule has 92 valence electrons. The van der Waals surface area contributed by atoms with Crippen LogP contribution in [0.2, 0.25) is 0 Å². The van der Waals surface area contributed by atoms with E-state index in [0.717, 1.165) is 12.2 Å². The first-order valence-corrected chi connectivity index (χ1v) is 5.70. The molecule has 0 saturated heterocycles. The molecule has 0 aliphatic heterocycles. The molecule has 1 fully saturated rings. The highest BCUT2D eigenvalue weighted by Crippen LogP contribution is 2.52. The van der Waals surface area contributed by atoms with E-state index >= 15 is 0 Å².